The molecular formula is C29H26Br2ClFN4O4. The minimum atomic E-state index is -0.468. The molecule has 0 bridgehead atoms. The quantitative estimate of drug-likeness (QED) is 0.172. The van der Waals surface area contributed by atoms with E-state index in [4.69, 9.17) is 26.1 Å². The second kappa shape index (κ2) is 13.6. The molecule has 0 aliphatic carbocycles. The summed E-state index contributed by atoms with van der Waals surface area (Å²) in [6.07, 6.45) is 2.25. The Morgan fingerprint density at radius 3 is 2.59 bits per heavy atom. The average Bonchev–Trinajstić information content (AvgIpc) is 2.95. The number of nitrogens with one attached hydrogen (secondary N) is 1. The summed E-state index contributed by atoms with van der Waals surface area (Å²) in [5.74, 6) is 0.0584. The first kappa shape index (κ1) is 30.7. The zero-order valence-electron chi connectivity index (χ0n) is 22.4. The molecule has 41 heavy (non-hydrogen) atoms. The predicted octanol–water partition coefficient (Wildman–Crippen LogP) is 7.53. The molecule has 1 atom stereocenters. The smallest absolute Gasteiger partial charge is 0.282 e. The number of benzene rings is 3. The fourth-order valence-corrected chi connectivity index (χ4v) is 4.88. The molecule has 1 heterocycles. The van der Waals surface area contributed by atoms with Crippen LogP contribution in [0.4, 0.5) is 10.1 Å². The lowest BCUT2D eigenvalue weighted by molar-refractivity contribution is -0.118. The highest BCUT2D eigenvalue weighted by Gasteiger charge is 2.20. The molecule has 1 amide bonds. The van der Waals surface area contributed by atoms with E-state index in [-0.39, 0.29) is 34.6 Å². The molecule has 0 radical (unpaired) electrons. The molecule has 1 N–H and O–H groups in total. The zero-order valence-corrected chi connectivity index (χ0v) is 26.3. The van der Waals surface area contributed by atoms with Crippen LogP contribution in [0.15, 0.2) is 67.4 Å². The average molecular weight is 709 g/mol. The molecule has 0 fully saturated rings. The molecule has 3 aromatic carbocycles. The van der Waals surface area contributed by atoms with Crippen LogP contribution in [-0.4, -0.2) is 35.0 Å². The fourth-order valence-electron chi connectivity index (χ4n) is 3.86. The number of nitrogens with zero attached hydrogens (tertiary/aromatic N) is 3. The minimum absolute atomic E-state index is 0.0317. The van der Waals surface area contributed by atoms with E-state index in [0.717, 1.165) is 10.9 Å². The Balaban J connectivity index is 1.67. The highest BCUT2D eigenvalue weighted by Crippen LogP contribution is 2.42. The van der Waals surface area contributed by atoms with Crippen LogP contribution in [0.3, 0.4) is 0 Å². The van der Waals surface area contributed by atoms with Gasteiger partial charge < -0.3 is 14.8 Å². The number of hydrogen-bond acceptors (Lipinski definition) is 6. The third kappa shape index (κ3) is 7.14. The molecule has 0 spiro atoms. The molecule has 8 nitrogen and oxygen atoms in total. The van der Waals surface area contributed by atoms with Crippen LogP contribution in [0, 0.1) is 5.82 Å². The third-order valence-electron chi connectivity index (χ3n) is 6.13. The first-order valence-corrected chi connectivity index (χ1v) is 14.7. The number of fused-ring (bicyclic) bond motifs is 1. The molecule has 4 rings (SSSR count). The number of aromatic nitrogens is 2. The van der Waals surface area contributed by atoms with Crippen molar-refractivity contribution in [2.24, 2.45) is 5.10 Å². The summed E-state index contributed by atoms with van der Waals surface area (Å²) in [6.45, 7) is 5.72. The normalized spacial score (nSPS) is 12.1. The van der Waals surface area contributed by atoms with E-state index in [1.807, 2.05) is 19.9 Å². The van der Waals surface area contributed by atoms with Gasteiger partial charge in [0.05, 0.1) is 23.7 Å². The number of halogens is 4. The molecule has 4 aromatic rings. The van der Waals surface area contributed by atoms with Gasteiger partial charge in [0.25, 0.3) is 11.5 Å². The van der Waals surface area contributed by atoms with Gasteiger partial charge in [0.2, 0.25) is 0 Å². The number of ether oxygens (including phenoxy) is 2. The van der Waals surface area contributed by atoms with E-state index in [9.17, 15) is 14.0 Å². The van der Waals surface area contributed by atoms with Crippen molar-refractivity contribution in [2.45, 2.75) is 33.1 Å². The topological polar surface area (TPSA) is 94.8 Å². The predicted molar refractivity (Wildman–Crippen MR) is 166 cm³/mol. The molecule has 0 saturated carbocycles. The van der Waals surface area contributed by atoms with E-state index in [0.29, 0.717) is 39.1 Å². The monoisotopic (exact) mass is 706 g/mol. The molecular weight excluding hydrogens is 683 g/mol. The summed E-state index contributed by atoms with van der Waals surface area (Å²) in [5, 5.41) is 7.72. The van der Waals surface area contributed by atoms with Gasteiger partial charge in [-0.15, -0.1) is 0 Å². The first-order chi connectivity index (χ1) is 19.6. The summed E-state index contributed by atoms with van der Waals surface area (Å²) in [6, 6.07) is 12.4. The van der Waals surface area contributed by atoms with Gasteiger partial charge in [-0.2, -0.15) is 9.78 Å². The number of hydrogen-bond donors (Lipinski definition) is 1. The first-order valence-electron chi connectivity index (χ1n) is 12.7. The van der Waals surface area contributed by atoms with Crippen molar-refractivity contribution >= 4 is 72.2 Å². The van der Waals surface area contributed by atoms with Crippen LogP contribution in [-0.2, 0) is 4.79 Å². The van der Waals surface area contributed by atoms with E-state index in [1.54, 1.807) is 25.1 Å². The summed E-state index contributed by atoms with van der Waals surface area (Å²) in [4.78, 5) is 30.6. The van der Waals surface area contributed by atoms with Gasteiger partial charge in [-0.25, -0.2) is 9.37 Å². The Hall–Kier alpha value is -3.28. The van der Waals surface area contributed by atoms with Gasteiger partial charge in [-0.1, -0.05) is 41.4 Å². The summed E-state index contributed by atoms with van der Waals surface area (Å²) < 4.78 is 27.1. The van der Waals surface area contributed by atoms with Crippen molar-refractivity contribution < 1.29 is 18.7 Å². The standard InChI is InChI=1S/C29H26Br2ClFN4O4/c1-4-16(3)28-36-22-11-6-18(30)13-21(22)29(39)37(28)34-14-17-12-23(40-5-2)27(26(32)25(17)31)41-15-24(38)35-20-9-7-19(33)8-10-20/h6-14,16H,4-5,15H2,1-3H3,(H,35,38)/t16-/m0/s1. The van der Waals surface area contributed by atoms with Crippen LogP contribution >= 0.6 is 43.5 Å². The number of amides is 1. The molecule has 1 aromatic heterocycles. The van der Waals surface area contributed by atoms with Crippen LogP contribution < -0.4 is 20.3 Å². The van der Waals surface area contributed by atoms with Crippen LogP contribution in [0.1, 0.15) is 44.5 Å². The van der Waals surface area contributed by atoms with Crippen molar-refractivity contribution in [3.63, 3.8) is 0 Å². The van der Waals surface area contributed by atoms with E-state index >= 15 is 0 Å². The van der Waals surface area contributed by atoms with E-state index in [1.165, 1.54) is 35.2 Å². The fraction of sp³-hybridized carbons (Fsp3) is 0.241. The number of carbonyl (C=O) groups excluding carboxylic acids is 1. The number of rotatable bonds is 10. The van der Waals surface area contributed by atoms with Crippen LogP contribution in [0.2, 0.25) is 5.02 Å². The lowest BCUT2D eigenvalue weighted by atomic mass is 10.1. The maximum atomic E-state index is 13.5. The minimum Gasteiger partial charge on any atom is -0.490 e. The van der Waals surface area contributed by atoms with Gasteiger partial charge in [-0.3, -0.25) is 9.59 Å². The maximum absolute atomic E-state index is 13.5. The van der Waals surface area contributed by atoms with Gasteiger partial charge >= 0.3 is 0 Å². The lowest BCUT2D eigenvalue weighted by Gasteiger charge is -2.16. The lowest BCUT2D eigenvalue weighted by Crippen LogP contribution is -2.23. The molecule has 0 aliphatic heterocycles. The summed E-state index contributed by atoms with van der Waals surface area (Å²) >= 11 is 13.5. The van der Waals surface area contributed by atoms with Gasteiger partial charge in [0.1, 0.15) is 16.7 Å². The van der Waals surface area contributed by atoms with Gasteiger partial charge in [-0.05, 0) is 77.8 Å². The molecule has 0 aliphatic rings. The number of anilines is 1. The second-order valence-electron chi connectivity index (χ2n) is 9.00. The van der Waals surface area contributed by atoms with Crippen molar-refractivity contribution in [3.05, 3.63) is 90.1 Å². The second-order valence-corrected chi connectivity index (χ2v) is 11.1. The molecule has 12 heteroatoms. The highest BCUT2D eigenvalue weighted by atomic mass is 79.9. The Morgan fingerprint density at radius 1 is 1.17 bits per heavy atom. The van der Waals surface area contributed by atoms with Crippen LogP contribution in [0.5, 0.6) is 11.5 Å². The van der Waals surface area contributed by atoms with Crippen molar-refractivity contribution in [1.29, 1.82) is 0 Å². The molecule has 0 unspecified atom stereocenters. The Morgan fingerprint density at radius 2 is 1.90 bits per heavy atom. The van der Waals surface area contributed by atoms with E-state index in [2.05, 4.69) is 42.3 Å². The zero-order chi connectivity index (χ0) is 29.7. The van der Waals surface area contributed by atoms with Crippen LogP contribution in [0.25, 0.3) is 10.9 Å². The largest absolute Gasteiger partial charge is 0.490 e. The Kier molecular flexibility index (Phi) is 10.2. The Labute approximate surface area is 257 Å². The molecule has 214 valence electrons. The maximum Gasteiger partial charge on any atom is 0.282 e. The van der Waals surface area contributed by atoms with E-state index < -0.39 is 11.7 Å². The SMILES string of the molecule is CCOc1cc(C=Nn2c([C@@H](C)CC)nc3ccc(Br)cc3c2=O)c(Br)c(Cl)c1OCC(=O)Nc1ccc(F)cc1. The van der Waals surface area contributed by atoms with Crippen molar-refractivity contribution in [3.8, 4) is 11.5 Å². The summed E-state index contributed by atoms with van der Waals surface area (Å²) in [7, 11) is 0. The Bertz CT molecular complexity index is 1680. The third-order valence-corrected chi connectivity index (χ3v) is 8.07. The van der Waals surface area contributed by atoms with Gasteiger partial charge in [0, 0.05) is 26.1 Å². The highest BCUT2D eigenvalue weighted by molar-refractivity contribution is 9.10. The summed E-state index contributed by atoms with van der Waals surface area (Å²) in [5.41, 5.74) is 1.22. The van der Waals surface area contributed by atoms with Crippen molar-refractivity contribution in [2.75, 3.05) is 18.5 Å². The molecule has 0 saturated heterocycles. The number of carbonyl (C=O) groups is 1. The van der Waals surface area contributed by atoms with Crippen molar-refractivity contribution in [1.82, 2.24) is 9.66 Å². The van der Waals surface area contributed by atoms with Gasteiger partial charge in [0.15, 0.2) is 18.1 Å².